The summed E-state index contributed by atoms with van der Waals surface area (Å²) in [5.41, 5.74) is 8.40. The molecule has 128 valence electrons. The number of nitrogen functional groups attached to an aromatic ring is 1. The van der Waals surface area contributed by atoms with E-state index in [4.69, 9.17) is 16.9 Å². The number of fused-ring (bicyclic) bond motifs is 1. The van der Waals surface area contributed by atoms with Crippen molar-refractivity contribution in [3.63, 3.8) is 0 Å². The van der Waals surface area contributed by atoms with Crippen molar-refractivity contribution in [1.29, 1.82) is 0 Å². The fourth-order valence-corrected chi connectivity index (χ4v) is 3.08. The molecule has 0 bridgehead atoms. The number of hydrogen-bond acceptors (Lipinski definition) is 5. The molecule has 0 saturated carbocycles. The number of methoxy groups -OCH3 is 1. The lowest BCUT2D eigenvalue weighted by molar-refractivity contribution is 0.414. The highest BCUT2D eigenvalue weighted by Gasteiger charge is 2.16. The summed E-state index contributed by atoms with van der Waals surface area (Å²) < 4.78 is 8.38. The molecule has 0 atom stereocenters. The summed E-state index contributed by atoms with van der Waals surface area (Å²) >= 11 is 3.59. The molecule has 3 aromatic rings. The van der Waals surface area contributed by atoms with Gasteiger partial charge in [0.1, 0.15) is 17.9 Å². The molecule has 0 aliphatic carbocycles. The van der Waals surface area contributed by atoms with E-state index in [2.05, 4.69) is 41.4 Å². The van der Waals surface area contributed by atoms with Gasteiger partial charge in [-0.25, -0.2) is 15.0 Å². The highest BCUT2D eigenvalue weighted by molar-refractivity contribution is 9.10. The lowest BCUT2D eigenvalue weighted by atomic mass is 10.1. The van der Waals surface area contributed by atoms with Crippen LogP contribution in [0.5, 0.6) is 5.75 Å². The first-order valence-corrected chi connectivity index (χ1v) is 8.64. The first kappa shape index (κ1) is 17.2. The average Bonchev–Trinajstić information content (AvgIpc) is 2.96. The Morgan fingerprint density at radius 3 is 2.96 bits per heavy atom. The molecule has 6 nitrogen and oxygen atoms in total. The molecule has 0 unspecified atom stereocenters. The number of ether oxygens (including phenoxy) is 1. The SMILES string of the molecule is C#CCCCn1c(Cc2cc(OC)ccc2Br)nc2c(N)ncnc21. The first-order chi connectivity index (χ1) is 12.1. The standard InChI is InChI=1S/C18H18BrN5O/c1-3-4-5-8-24-15(23-16-17(20)21-11-22-18(16)24)10-12-9-13(25-2)6-7-14(12)19/h1,6-7,9,11H,4-5,8,10H2,2H3,(H2,20,21,22). The summed E-state index contributed by atoms with van der Waals surface area (Å²) in [6, 6.07) is 5.87. The second kappa shape index (κ2) is 7.53. The largest absolute Gasteiger partial charge is 0.497 e. The summed E-state index contributed by atoms with van der Waals surface area (Å²) in [5.74, 6) is 4.72. The van der Waals surface area contributed by atoms with Gasteiger partial charge in [0.15, 0.2) is 17.0 Å². The number of benzene rings is 1. The van der Waals surface area contributed by atoms with Crippen LogP contribution in [0.3, 0.4) is 0 Å². The zero-order chi connectivity index (χ0) is 17.8. The monoisotopic (exact) mass is 399 g/mol. The molecule has 0 radical (unpaired) electrons. The van der Waals surface area contributed by atoms with E-state index in [-0.39, 0.29) is 0 Å². The minimum atomic E-state index is 0.381. The quantitative estimate of drug-likeness (QED) is 0.508. The molecule has 2 heterocycles. The molecule has 0 aliphatic rings. The predicted octanol–water partition coefficient (Wildman–Crippen LogP) is 3.18. The van der Waals surface area contributed by atoms with E-state index in [0.717, 1.165) is 40.2 Å². The van der Waals surface area contributed by atoms with Crippen LogP contribution in [-0.4, -0.2) is 26.6 Å². The van der Waals surface area contributed by atoms with Crippen LogP contribution in [-0.2, 0) is 13.0 Å². The Labute approximate surface area is 154 Å². The van der Waals surface area contributed by atoms with E-state index >= 15 is 0 Å². The fourth-order valence-electron chi connectivity index (χ4n) is 2.69. The van der Waals surface area contributed by atoms with Crippen molar-refractivity contribution in [1.82, 2.24) is 19.5 Å². The molecular formula is C18H18BrN5O. The van der Waals surface area contributed by atoms with E-state index in [0.29, 0.717) is 24.2 Å². The first-order valence-electron chi connectivity index (χ1n) is 7.85. The highest BCUT2D eigenvalue weighted by Crippen LogP contribution is 2.27. The smallest absolute Gasteiger partial charge is 0.165 e. The van der Waals surface area contributed by atoms with Crippen LogP contribution in [0.2, 0.25) is 0 Å². The van der Waals surface area contributed by atoms with Crippen molar-refractivity contribution in [3.8, 4) is 18.1 Å². The molecule has 2 aromatic heterocycles. The summed E-state index contributed by atoms with van der Waals surface area (Å²) in [6.07, 6.45) is 9.00. The van der Waals surface area contributed by atoms with Gasteiger partial charge in [0.05, 0.1) is 7.11 Å². The average molecular weight is 400 g/mol. The van der Waals surface area contributed by atoms with Gasteiger partial charge in [-0.1, -0.05) is 15.9 Å². The van der Waals surface area contributed by atoms with Crippen molar-refractivity contribution in [3.05, 3.63) is 40.4 Å². The van der Waals surface area contributed by atoms with Gasteiger partial charge in [0.25, 0.3) is 0 Å². The van der Waals surface area contributed by atoms with E-state index in [1.807, 2.05) is 18.2 Å². The molecule has 25 heavy (non-hydrogen) atoms. The van der Waals surface area contributed by atoms with Gasteiger partial charge in [-0.2, -0.15) is 0 Å². The fraction of sp³-hybridized carbons (Fsp3) is 0.278. The van der Waals surface area contributed by atoms with Crippen molar-refractivity contribution < 1.29 is 4.74 Å². The molecule has 0 amide bonds. The number of terminal acetylenes is 1. The number of hydrogen-bond donors (Lipinski definition) is 1. The van der Waals surface area contributed by atoms with Crippen molar-refractivity contribution in [2.45, 2.75) is 25.8 Å². The van der Waals surface area contributed by atoms with E-state index in [1.165, 1.54) is 6.33 Å². The van der Waals surface area contributed by atoms with Crippen LogP contribution >= 0.6 is 15.9 Å². The third kappa shape index (κ3) is 3.59. The molecule has 0 spiro atoms. The number of aromatic nitrogens is 4. The molecular weight excluding hydrogens is 382 g/mol. The molecule has 0 fully saturated rings. The number of anilines is 1. The van der Waals surface area contributed by atoms with E-state index < -0.39 is 0 Å². The second-order valence-corrected chi connectivity index (χ2v) is 6.41. The normalized spacial score (nSPS) is 10.8. The molecule has 3 rings (SSSR count). The van der Waals surface area contributed by atoms with Crippen LogP contribution in [0.25, 0.3) is 11.2 Å². The Balaban J connectivity index is 2.04. The maximum atomic E-state index is 5.97. The van der Waals surface area contributed by atoms with Gasteiger partial charge in [-0.15, -0.1) is 12.3 Å². The number of halogens is 1. The highest BCUT2D eigenvalue weighted by atomic mass is 79.9. The minimum absolute atomic E-state index is 0.381. The van der Waals surface area contributed by atoms with Crippen LogP contribution in [0, 0.1) is 12.3 Å². The molecule has 0 aliphatic heterocycles. The van der Waals surface area contributed by atoms with Gasteiger partial charge in [-0.05, 0) is 30.2 Å². The Bertz CT molecular complexity index is 945. The lowest BCUT2D eigenvalue weighted by Crippen LogP contribution is -2.06. The zero-order valence-corrected chi connectivity index (χ0v) is 15.5. The third-order valence-electron chi connectivity index (χ3n) is 3.94. The number of rotatable bonds is 6. The zero-order valence-electron chi connectivity index (χ0n) is 13.9. The van der Waals surface area contributed by atoms with Crippen molar-refractivity contribution in [2.24, 2.45) is 0 Å². The summed E-state index contributed by atoms with van der Waals surface area (Å²) in [4.78, 5) is 13.1. The van der Waals surface area contributed by atoms with Crippen molar-refractivity contribution >= 4 is 32.9 Å². The summed E-state index contributed by atoms with van der Waals surface area (Å²) in [5, 5.41) is 0. The van der Waals surface area contributed by atoms with Crippen LogP contribution in [0.15, 0.2) is 29.0 Å². The lowest BCUT2D eigenvalue weighted by Gasteiger charge is -2.10. The molecule has 0 saturated heterocycles. The number of nitrogens with zero attached hydrogens (tertiary/aromatic N) is 4. The van der Waals surface area contributed by atoms with Crippen LogP contribution < -0.4 is 10.5 Å². The number of aryl methyl sites for hydroxylation is 1. The maximum absolute atomic E-state index is 5.97. The van der Waals surface area contributed by atoms with Gasteiger partial charge < -0.3 is 15.0 Å². The number of imidazole rings is 1. The van der Waals surface area contributed by atoms with Crippen LogP contribution in [0.4, 0.5) is 5.82 Å². The van der Waals surface area contributed by atoms with Gasteiger partial charge >= 0.3 is 0 Å². The third-order valence-corrected chi connectivity index (χ3v) is 4.72. The van der Waals surface area contributed by atoms with Crippen molar-refractivity contribution in [2.75, 3.05) is 12.8 Å². The molecule has 1 aromatic carbocycles. The number of nitrogens with two attached hydrogens (primary N) is 1. The Morgan fingerprint density at radius 1 is 1.36 bits per heavy atom. The molecule has 2 N–H and O–H groups in total. The Morgan fingerprint density at radius 2 is 2.20 bits per heavy atom. The summed E-state index contributed by atoms with van der Waals surface area (Å²) in [6.45, 7) is 0.730. The topological polar surface area (TPSA) is 78.9 Å². The molecule has 7 heteroatoms. The minimum Gasteiger partial charge on any atom is -0.497 e. The maximum Gasteiger partial charge on any atom is 0.165 e. The van der Waals surface area contributed by atoms with Gasteiger partial charge in [0.2, 0.25) is 0 Å². The number of unbranched alkanes of at least 4 members (excludes halogenated alkanes) is 1. The Hall–Kier alpha value is -2.59. The summed E-state index contributed by atoms with van der Waals surface area (Å²) in [7, 11) is 1.65. The van der Waals surface area contributed by atoms with Gasteiger partial charge in [0, 0.05) is 23.9 Å². The second-order valence-electron chi connectivity index (χ2n) is 5.55. The van der Waals surface area contributed by atoms with E-state index in [9.17, 15) is 0 Å². The predicted molar refractivity (Wildman–Crippen MR) is 101 cm³/mol. The van der Waals surface area contributed by atoms with E-state index in [1.54, 1.807) is 7.11 Å². The Kier molecular flexibility index (Phi) is 5.19. The van der Waals surface area contributed by atoms with Crippen LogP contribution in [0.1, 0.15) is 24.2 Å². The van der Waals surface area contributed by atoms with Gasteiger partial charge in [-0.3, -0.25) is 0 Å².